The Bertz CT molecular complexity index is 371. The molecule has 0 saturated carbocycles. The number of hydrogen-bond acceptors (Lipinski definition) is 5. The van der Waals surface area contributed by atoms with Crippen molar-refractivity contribution in [1.82, 2.24) is 4.90 Å². The van der Waals surface area contributed by atoms with Crippen LogP contribution in [0.3, 0.4) is 0 Å². The van der Waals surface area contributed by atoms with E-state index in [1.807, 2.05) is 0 Å². The molecule has 2 heterocycles. The number of aliphatic hydroxyl groups is 1. The maximum Gasteiger partial charge on any atom is 0.154 e. The molecule has 3 N–H and O–H groups in total. The van der Waals surface area contributed by atoms with Crippen LogP contribution in [-0.2, 0) is 9.84 Å². The maximum absolute atomic E-state index is 11.5. The van der Waals surface area contributed by atoms with E-state index in [4.69, 9.17) is 5.73 Å². The molecule has 0 aromatic rings. The third-order valence-corrected chi connectivity index (χ3v) is 5.81. The summed E-state index contributed by atoms with van der Waals surface area (Å²) in [5, 5.41) is 9.85. The first-order chi connectivity index (χ1) is 7.93. The van der Waals surface area contributed by atoms with Gasteiger partial charge in [0.05, 0.1) is 23.7 Å². The highest BCUT2D eigenvalue weighted by Crippen LogP contribution is 2.25. The van der Waals surface area contributed by atoms with Gasteiger partial charge in [0.2, 0.25) is 0 Å². The lowest BCUT2D eigenvalue weighted by atomic mass is 9.89. The summed E-state index contributed by atoms with van der Waals surface area (Å²) in [6, 6.07) is -0.00652. The van der Waals surface area contributed by atoms with Crippen LogP contribution in [0, 0.1) is 5.92 Å². The number of likely N-dealkylation sites (tertiary alicyclic amines) is 1. The summed E-state index contributed by atoms with van der Waals surface area (Å²) in [5.41, 5.74) is 6.03. The number of nitrogens with two attached hydrogens (primary N) is 1. The minimum atomic E-state index is -3.05. The van der Waals surface area contributed by atoms with Gasteiger partial charge in [-0.3, -0.25) is 4.90 Å². The van der Waals surface area contributed by atoms with Crippen molar-refractivity contribution in [2.24, 2.45) is 11.7 Å². The molecule has 0 aliphatic carbocycles. The van der Waals surface area contributed by atoms with E-state index in [1.54, 1.807) is 0 Å². The predicted octanol–water partition coefficient (Wildman–Crippen LogP) is -0.796. The molecular formula is C11H22N2O3S. The molecule has 4 atom stereocenters. The lowest BCUT2D eigenvalue weighted by molar-refractivity contribution is 0.0464. The van der Waals surface area contributed by atoms with Gasteiger partial charge >= 0.3 is 0 Å². The van der Waals surface area contributed by atoms with Crippen molar-refractivity contribution in [1.29, 1.82) is 0 Å². The second kappa shape index (κ2) is 4.84. The number of rotatable bonds is 2. The molecule has 5 nitrogen and oxygen atoms in total. The topological polar surface area (TPSA) is 83.6 Å². The van der Waals surface area contributed by atoms with Crippen LogP contribution >= 0.6 is 0 Å². The van der Waals surface area contributed by atoms with Crippen LogP contribution in [-0.4, -0.2) is 61.2 Å². The van der Waals surface area contributed by atoms with E-state index in [1.165, 1.54) is 0 Å². The van der Waals surface area contributed by atoms with Crippen molar-refractivity contribution in [3.05, 3.63) is 0 Å². The van der Waals surface area contributed by atoms with Gasteiger partial charge in [0.1, 0.15) is 0 Å². The molecular weight excluding hydrogens is 240 g/mol. The van der Waals surface area contributed by atoms with E-state index in [-0.39, 0.29) is 23.6 Å². The minimum Gasteiger partial charge on any atom is -0.390 e. The molecule has 2 fully saturated rings. The Morgan fingerprint density at radius 2 is 2.12 bits per heavy atom. The van der Waals surface area contributed by atoms with Crippen molar-refractivity contribution in [3.8, 4) is 0 Å². The molecule has 2 saturated heterocycles. The maximum atomic E-state index is 11.5. The first-order valence-electron chi connectivity index (χ1n) is 6.31. The SMILES string of the molecule is CCC1CN(C2CS(=O)(=O)CC2O)CCC1N. The molecule has 100 valence electrons. The summed E-state index contributed by atoms with van der Waals surface area (Å²) >= 11 is 0. The summed E-state index contributed by atoms with van der Waals surface area (Å²) in [5.74, 6) is 0.427. The van der Waals surface area contributed by atoms with E-state index in [0.717, 1.165) is 25.9 Å². The number of piperidine rings is 1. The molecule has 0 amide bonds. The summed E-state index contributed by atoms with van der Waals surface area (Å²) in [4.78, 5) is 2.12. The number of hydrogen-bond donors (Lipinski definition) is 2. The quantitative estimate of drug-likeness (QED) is 0.681. The average Bonchev–Trinajstić information content (AvgIpc) is 2.53. The van der Waals surface area contributed by atoms with Crippen molar-refractivity contribution >= 4 is 9.84 Å². The van der Waals surface area contributed by atoms with E-state index in [2.05, 4.69) is 11.8 Å². The number of aliphatic hydroxyl groups excluding tert-OH is 1. The van der Waals surface area contributed by atoms with Crippen LogP contribution in [0.2, 0.25) is 0 Å². The van der Waals surface area contributed by atoms with Gasteiger partial charge in [-0.15, -0.1) is 0 Å². The summed E-state index contributed by atoms with van der Waals surface area (Å²) in [6.45, 7) is 3.72. The first kappa shape index (κ1) is 13.3. The molecule has 0 bridgehead atoms. The van der Waals surface area contributed by atoms with Crippen molar-refractivity contribution in [2.45, 2.75) is 38.0 Å². The smallest absolute Gasteiger partial charge is 0.154 e. The third kappa shape index (κ3) is 2.81. The first-order valence-corrected chi connectivity index (χ1v) is 8.13. The molecule has 17 heavy (non-hydrogen) atoms. The normalized spacial score (nSPS) is 42.8. The van der Waals surface area contributed by atoms with Gasteiger partial charge in [0.25, 0.3) is 0 Å². The van der Waals surface area contributed by atoms with Crippen LogP contribution in [0.5, 0.6) is 0 Å². The third-order valence-electron chi connectivity index (χ3n) is 4.11. The van der Waals surface area contributed by atoms with Crippen LogP contribution in [0.4, 0.5) is 0 Å². The zero-order valence-electron chi connectivity index (χ0n) is 10.2. The Morgan fingerprint density at radius 3 is 2.65 bits per heavy atom. The van der Waals surface area contributed by atoms with Crippen LogP contribution in [0.25, 0.3) is 0 Å². The number of nitrogens with zero attached hydrogens (tertiary/aromatic N) is 1. The lowest BCUT2D eigenvalue weighted by Gasteiger charge is -2.40. The average molecular weight is 262 g/mol. The second-order valence-electron chi connectivity index (χ2n) is 5.33. The van der Waals surface area contributed by atoms with Crippen molar-refractivity contribution < 1.29 is 13.5 Å². The van der Waals surface area contributed by atoms with Gasteiger partial charge < -0.3 is 10.8 Å². The molecule has 0 aromatic heterocycles. The molecule has 2 aliphatic heterocycles. The van der Waals surface area contributed by atoms with Crippen LogP contribution in [0.1, 0.15) is 19.8 Å². The Labute approximate surface area is 103 Å². The van der Waals surface area contributed by atoms with Gasteiger partial charge in [0.15, 0.2) is 9.84 Å². The lowest BCUT2D eigenvalue weighted by Crippen LogP contribution is -2.53. The minimum absolute atomic E-state index is 0.0863. The monoisotopic (exact) mass is 262 g/mol. The van der Waals surface area contributed by atoms with Gasteiger partial charge in [-0.2, -0.15) is 0 Å². The summed E-state index contributed by atoms with van der Waals surface area (Å²) in [6.07, 6.45) is 1.17. The largest absolute Gasteiger partial charge is 0.390 e. The highest BCUT2D eigenvalue weighted by Gasteiger charge is 2.41. The highest BCUT2D eigenvalue weighted by atomic mass is 32.2. The van der Waals surface area contributed by atoms with E-state index in [9.17, 15) is 13.5 Å². The molecule has 0 spiro atoms. The van der Waals surface area contributed by atoms with Gasteiger partial charge in [-0.05, 0) is 12.3 Å². The zero-order chi connectivity index (χ0) is 12.6. The zero-order valence-corrected chi connectivity index (χ0v) is 11.1. The number of sulfone groups is 1. The highest BCUT2D eigenvalue weighted by molar-refractivity contribution is 7.91. The summed E-state index contributed by atoms with van der Waals surface area (Å²) in [7, 11) is -3.05. The molecule has 4 unspecified atom stereocenters. The Kier molecular flexibility index (Phi) is 3.77. The van der Waals surface area contributed by atoms with E-state index < -0.39 is 15.9 Å². The van der Waals surface area contributed by atoms with Crippen molar-refractivity contribution in [2.75, 3.05) is 24.6 Å². The fourth-order valence-electron chi connectivity index (χ4n) is 2.97. The predicted molar refractivity (Wildman–Crippen MR) is 66.4 cm³/mol. The Hall–Kier alpha value is -0.170. The molecule has 0 radical (unpaired) electrons. The Balaban J connectivity index is 2.04. The van der Waals surface area contributed by atoms with Gasteiger partial charge in [-0.25, -0.2) is 8.42 Å². The van der Waals surface area contributed by atoms with Crippen molar-refractivity contribution in [3.63, 3.8) is 0 Å². The van der Waals surface area contributed by atoms with E-state index in [0.29, 0.717) is 5.92 Å². The van der Waals surface area contributed by atoms with Crippen LogP contribution in [0.15, 0.2) is 0 Å². The van der Waals surface area contributed by atoms with Crippen LogP contribution < -0.4 is 5.73 Å². The summed E-state index contributed by atoms with van der Waals surface area (Å²) < 4.78 is 23.0. The van der Waals surface area contributed by atoms with E-state index >= 15 is 0 Å². The standard InChI is InChI=1S/C11H22N2O3S/c1-2-8-5-13(4-3-9(8)12)10-6-17(15,16)7-11(10)14/h8-11,14H,2-7,12H2,1H3. The fraction of sp³-hybridized carbons (Fsp3) is 1.00. The molecule has 0 aromatic carbocycles. The molecule has 6 heteroatoms. The fourth-order valence-corrected chi connectivity index (χ4v) is 4.80. The van der Waals surface area contributed by atoms with Gasteiger partial charge in [-0.1, -0.05) is 13.3 Å². The van der Waals surface area contributed by atoms with Gasteiger partial charge in [0, 0.05) is 19.1 Å². The second-order valence-corrected chi connectivity index (χ2v) is 7.48. The Morgan fingerprint density at radius 1 is 1.41 bits per heavy atom. The molecule has 2 rings (SSSR count). The molecule has 2 aliphatic rings.